The summed E-state index contributed by atoms with van der Waals surface area (Å²) in [6, 6.07) is 4.57. The lowest BCUT2D eigenvalue weighted by molar-refractivity contribution is 0.257. The Balaban J connectivity index is 2.73. The van der Waals surface area contributed by atoms with Crippen molar-refractivity contribution in [1.82, 2.24) is 4.90 Å². The number of rotatable bonds is 9. The molecule has 3 nitrogen and oxygen atoms in total. The van der Waals surface area contributed by atoms with E-state index >= 15 is 0 Å². The zero-order valence-corrected chi connectivity index (χ0v) is 12.5. The molecule has 1 rings (SSSR count). The predicted molar refractivity (Wildman–Crippen MR) is 81.3 cm³/mol. The van der Waals surface area contributed by atoms with Crippen LogP contribution in [0.1, 0.15) is 45.1 Å². The van der Waals surface area contributed by atoms with E-state index in [9.17, 15) is 4.39 Å². The Morgan fingerprint density at radius 3 is 2.20 bits per heavy atom. The van der Waals surface area contributed by atoms with Crippen molar-refractivity contribution in [3.8, 4) is 0 Å². The van der Waals surface area contributed by atoms with Crippen molar-refractivity contribution in [2.24, 2.45) is 0 Å². The summed E-state index contributed by atoms with van der Waals surface area (Å²) in [5.41, 5.74) is 0.870. The zero-order chi connectivity index (χ0) is 15.0. The van der Waals surface area contributed by atoms with Gasteiger partial charge in [0.2, 0.25) is 0 Å². The molecule has 0 aliphatic rings. The van der Waals surface area contributed by atoms with E-state index in [-0.39, 0.29) is 5.46 Å². The number of nitrogens with zero attached hydrogens (tertiary/aromatic N) is 1. The van der Waals surface area contributed by atoms with Gasteiger partial charge in [0.1, 0.15) is 5.82 Å². The van der Waals surface area contributed by atoms with Gasteiger partial charge in [-0.05, 0) is 37.6 Å². The molecule has 0 amide bonds. The Morgan fingerprint density at radius 2 is 1.70 bits per heavy atom. The Hall–Kier alpha value is -0.905. The molecule has 112 valence electrons. The molecule has 2 N–H and O–H groups in total. The molecule has 0 fully saturated rings. The van der Waals surface area contributed by atoms with Crippen LogP contribution in [0, 0.1) is 5.82 Å². The lowest BCUT2D eigenvalue weighted by atomic mass is 9.79. The van der Waals surface area contributed by atoms with E-state index in [4.69, 9.17) is 10.0 Å². The predicted octanol–water partition coefficient (Wildman–Crippen LogP) is 1.91. The minimum absolute atomic E-state index is 0.0477. The van der Waals surface area contributed by atoms with Crippen LogP contribution in [0.15, 0.2) is 18.2 Å². The average Bonchev–Trinajstić information content (AvgIpc) is 2.43. The van der Waals surface area contributed by atoms with Crippen molar-refractivity contribution in [2.45, 2.75) is 46.1 Å². The van der Waals surface area contributed by atoms with E-state index in [1.54, 1.807) is 12.1 Å². The fourth-order valence-corrected chi connectivity index (χ4v) is 2.18. The van der Waals surface area contributed by atoms with Gasteiger partial charge < -0.3 is 10.0 Å². The second-order valence-electron chi connectivity index (χ2n) is 5.21. The highest BCUT2D eigenvalue weighted by Crippen LogP contribution is 2.08. The molecule has 0 aliphatic heterocycles. The smallest absolute Gasteiger partial charge is 0.423 e. The van der Waals surface area contributed by atoms with E-state index < -0.39 is 12.9 Å². The summed E-state index contributed by atoms with van der Waals surface area (Å²) in [5.74, 6) is -0.572. The topological polar surface area (TPSA) is 43.7 Å². The molecule has 0 spiro atoms. The summed E-state index contributed by atoms with van der Waals surface area (Å²) in [5, 5.41) is 18.3. The molecule has 0 aliphatic carbocycles. The standard InChI is InChI=1S/C15H25BFNO2/c1-3-5-9-18(10-6-4-2)12-13-7-8-15(17)14(11-13)16(19)20/h7-8,11,19-20H,3-6,9-10,12H2,1-2H3. The van der Waals surface area contributed by atoms with Gasteiger partial charge in [0.05, 0.1) is 0 Å². The highest BCUT2D eigenvalue weighted by atomic mass is 19.1. The SMILES string of the molecule is CCCCN(CCCC)Cc1ccc(F)c(B(O)O)c1. The Kier molecular flexibility index (Phi) is 7.81. The first kappa shape index (κ1) is 17.1. The van der Waals surface area contributed by atoms with Gasteiger partial charge in [-0.15, -0.1) is 0 Å². The van der Waals surface area contributed by atoms with Gasteiger partial charge in [-0.3, -0.25) is 4.90 Å². The molecule has 0 saturated carbocycles. The minimum Gasteiger partial charge on any atom is -0.423 e. The Morgan fingerprint density at radius 1 is 1.10 bits per heavy atom. The van der Waals surface area contributed by atoms with Crippen molar-refractivity contribution in [3.05, 3.63) is 29.6 Å². The van der Waals surface area contributed by atoms with Crippen molar-refractivity contribution in [2.75, 3.05) is 13.1 Å². The highest BCUT2D eigenvalue weighted by Gasteiger charge is 2.17. The second kappa shape index (κ2) is 9.11. The maximum absolute atomic E-state index is 13.4. The minimum atomic E-state index is -1.75. The third-order valence-corrected chi connectivity index (χ3v) is 3.40. The van der Waals surface area contributed by atoms with Crippen molar-refractivity contribution < 1.29 is 14.4 Å². The number of halogens is 1. The van der Waals surface area contributed by atoms with Crippen LogP contribution in [0.4, 0.5) is 4.39 Å². The lowest BCUT2D eigenvalue weighted by Gasteiger charge is -2.22. The zero-order valence-electron chi connectivity index (χ0n) is 12.5. The van der Waals surface area contributed by atoms with Crippen LogP contribution < -0.4 is 5.46 Å². The van der Waals surface area contributed by atoms with Crippen LogP contribution in [0.25, 0.3) is 0 Å². The van der Waals surface area contributed by atoms with Gasteiger partial charge in [0, 0.05) is 12.0 Å². The molecular weight excluding hydrogens is 256 g/mol. The summed E-state index contributed by atoms with van der Waals surface area (Å²) in [7, 11) is -1.75. The molecular formula is C15H25BFNO2. The number of unbranched alkanes of at least 4 members (excludes halogenated alkanes) is 2. The summed E-state index contributed by atoms with van der Waals surface area (Å²) >= 11 is 0. The van der Waals surface area contributed by atoms with E-state index in [2.05, 4.69) is 18.7 Å². The van der Waals surface area contributed by atoms with Crippen LogP contribution in [0.3, 0.4) is 0 Å². The molecule has 20 heavy (non-hydrogen) atoms. The second-order valence-corrected chi connectivity index (χ2v) is 5.21. The molecule has 0 heterocycles. The van der Waals surface area contributed by atoms with Crippen LogP contribution in [-0.2, 0) is 6.54 Å². The third kappa shape index (κ3) is 5.61. The van der Waals surface area contributed by atoms with Crippen LogP contribution in [0.2, 0.25) is 0 Å². The Labute approximate surface area is 121 Å². The van der Waals surface area contributed by atoms with E-state index in [1.165, 1.54) is 6.07 Å². The first-order chi connectivity index (χ1) is 9.58. The van der Waals surface area contributed by atoms with E-state index in [1.807, 2.05) is 0 Å². The highest BCUT2D eigenvalue weighted by molar-refractivity contribution is 6.58. The molecule has 0 atom stereocenters. The average molecular weight is 281 g/mol. The fraction of sp³-hybridized carbons (Fsp3) is 0.600. The van der Waals surface area contributed by atoms with Gasteiger partial charge in [-0.2, -0.15) is 0 Å². The van der Waals surface area contributed by atoms with E-state index in [0.29, 0.717) is 0 Å². The quantitative estimate of drug-likeness (QED) is 0.680. The Bertz CT molecular complexity index is 393. The number of hydrogen-bond acceptors (Lipinski definition) is 3. The van der Waals surface area contributed by atoms with Crippen LogP contribution in [-0.4, -0.2) is 35.2 Å². The maximum Gasteiger partial charge on any atom is 0.491 e. The van der Waals surface area contributed by atoms with Crippen LogP contribution in [0.5, 0.6) is 0 Å². The molecule has 0 unspecified atom stereocenters. The maximum atomic E-state index is 13.4. The first-order valence-corrected chi connectivity index (χ1v) is 7.45. The van der Waals surface area contributed by atoms with Crippen molar-refractivity contribution in [1.29, 1.82) is 0 Å². The summed E-state index contributed by atoms with van der Waals surface area (Å²) < 4.78 is 13.4. The largest absolute Gasteiger partial charge is 0.491 e. The number of benzene rings is 1. The molecule has 1 aromatic rings. The molecule has 0 saturated heterocycles. The lowest BCUT2D eigenvalue weighted by Crippen LogP contribution is -2.34. The summed E-state index contributed by atoms with van der Waals surface area (Å²) in [6.07, 6.45) is 4.57. The normalized spacial score (nSPS) is 11.1. The van der Waals surface area contributed by atoms with Crippen molar-refractivity contribution >= 4 is 12.6 Å². The molecule has 1 aromatic carbocycles. The molecule has 5 heteroatoms. The molecule has 0 radical (unpaired) electrons. The molecule has 0 bridgehead atoms. The summed E-state index contributed by atoms with van der Waals surface area (Å²) in [6.45, 7) is 7.09. The van der Waals surface area contributed by atoms with Crippen LogP contribution >= 0.6 is 0 Å². The number of hydrogen-bond donors (Lipinski definition) is 2. The third-order valence-electron chi connectivity index (χ3n) is 3.40. The monoisotopic (exact) mass is 281 g/mol. The van der Waals surface area contributed by atoms with Crippen molar-refractivity contribution in [3.63, 3.8) is 0 Å². The fourth-order valence-electron chi connectivity index (χ4n) is 2.18. The van der Waals surface area contributed by atoms with Gasteiger partial charge in [-0.25, -0.2) is 4.39 Å². The van der Waals surface area contributed by atoms with Gasteiger partial charge in [-0.1, -0.05) is 38.8 Å². The van der Waals surface area contributed by atoms with Gasteiger partial charge in [0.15, 0.2) is 0 Å². The van der Waals surface area contributed by atoms with Gasteiger partial charge >= 0.3 is 7.12 Å². The summed E-state index contributed by atoms with van der Waals surface area (Å²) in [4.78, 5) is 2.34. The van der Waals surface area contributed by atoms with E-state index in [0.717, 1.165) is 50.9 Å². The first-order valence-electron chi connectivity index (χ1n) is 7.45. The molecule has 0 aromatic heterocycles. The van der Waals surface area contributed by atoms with Gasteiger partial charge in [0.25, 0.3) is 0 Å².